The Labute approximate surface area is 101 Å². The molecule has 0 bridgehead atoms. The lowest BCUT2D eigenvalue weighted by atomic mass is 10.1. The molecule has 5 nitrogen and oxygen atoms in total. The van der Waals surface area contributed by atoms with Crippen LogP contribution < -0.4 is 5.32 Å². The quantitative estimate of drug-likeness (QED) is 0.734. The van der Waals surface area contributed by atoms with Crippen molar-refractivity contribution in [2.24, 2.45) is 5.92 Å². The number of ether oxygens (including phenoxy) is 2. The first-order valence-electron chi connectivity index (χ1n) is 6.22. The number of nitrogens with one attached hydrogen (secondary N) is 1. The SMILES string of the molecule is COC(=O)[C@@H]1C[C@@H](OC(=O)C2CCCC2)CN1. The Kier molecular flexibility index (Phi) is 3.99. The van der Waals surface area contributed by atoms with Gasteiger partial charge in [-0.3, -0.25) is 9.59 Å². The minimum atomic E-state index is -0.332. The van der Waals surface area contributed by atoms with Crippen LogP contribution in [0.2, 0.25) is 0 Å². The molecule has 2 rings (SSSR count). The van der Waals surface area contributed by atoms with E-state index < -0.39 is 0 Å². The van der Waals surface area contributed by atoms with Crippen molar-refractivity contribution >= 4 is 11.9 Å². The molecular weight excluding hydrogens is 222 g/mol. The maximum Gasteiger partial charge on any atom is 0.323 e. The van der Waals surface area contributed by atoms with Crippen LogP contribution in [0.5, 0.6) is 0 Å². The standard InChI is InChI=1S/C12H19NO4/c1-16-12(15)10-6-9(7-13-10)17-11(14)8-4-2-3-5-8/h8-10,13H,2-7H2,1H3/t9-,10+/m1/s1. The topological polar surface area (TPSA) is 64.6 Å². The molecule has 0 aromatic rings. The fraction of sp³-hybridized carbons (Fsp3) is 0.833. The number of carbonyl (C=O) groups excluding carboxylic acids is 2. The van der Waals surface area contributed by atoms with Gasteiger partial charge in [-0.05, 0) is 12.8 Å². The van der Waals surface area contributed by atoms with Gasteiger partial charge in [0.1, 0.15) is 12.1 Å². The van der Waals surface area contributed by atoms with E-state index in [1.807, 2.05) is 0 Å². The first-order chi connectivity index (χ1) is 8.20. The van der Waals surface area contributed by atoms with Crippen LogP contribution in [0.3, 0.4) is 0 Å². The van der Waals surface area contributed by atoms with Crippen molar-refractivity contribution in [1.82, 2.24) is 5.32 Å². The molecule has 2 aliphatic rings. The molecule has 2 atom stereocenters. The van der Waals surface area contributed by atoms with Crippen molar-refractivity contribution < 1.29 is 19.1 Å². The predicted octanol–water partition coefficient (Wildman–Crippen LogP) is 0.623. The second kappa shape index (κ2) is 5.49. The molecule has 0 aromatic carbocycles. The zero-order valence-corrected chi connectivity index (χ0v) is 10.1. The predicted molar refractivity (Wildman–Crippen MR) is 60.3 cm³/mol. The van der Waals surface area contributed by atoms with Gasteiger partial charge in [0.15, 0.2) is 0 Å². The highest BCUT2D eigenvalue weighted by Crippen LogP contribution is 2.26. The first kappa shape index (κ1) is 12.4. The summed E-state index contributed by atoms with van der Waals surface area (Å²) in [6.45, 7) is 0.540. The summed E-state index contributed by atoms with van der Waals surface area (Å²) in [5, 5.41) is 3.00. The molecule has 1 N–H and O–H groups in total. The molecule has 96 valence electrons. The smallest absolute Gasteiger partial charge is 0.323 e. The van der Waals surface area contributed by atoms with Gasteiger partial charge >= 0.3 is 11.9 Å². The fourth-order valence-corrected chi connectivity index (χ4v) is 2.54. The van der Waals surface area contributed by atoms with E-state index in [1.54, 1.807) is 0 Å². The molecule has 0 radical (unpaired) electrons. The first-order valence-corrected chi connectivity index (χ1v) is 6.22. The molecule has 0 spiro atoms. The van der Waals surface area contributed by atoms with Gasteiger partial charge in [-0.25, -0.2) is 0 Å². The molecule has 1 aliphatic heterocycles. The van der Waals surface area contributed by atoms with Gasteiger partial charge < -0.3 is 14.8 Å². The van der Waals surface area contributed by atoms with E-state index in [2.05, 4.69) is 10.1 Å². The van der Waals surface area contributed by atoms with Crippen molar-refractivity contribution in [3.63, 3.8) is 0 Å². The second-order valence-corrected chi connectivity index (χ2v) is 4.76. The molecule has 1 saturated heterocycles. The number of carbonyl (C=O) groups is 2. The maximum atomic E-state index is 11.8. The summed E-state index contributed by atoms with van der Waals surface area (Å²) in [4.78, 5) is 23.1. The maximum absolute atomic E-state index is 11.8. The second-order valence-electron chi connectivity index (χ2n) is 4.76. The minimum absolute atomic E-state index is 0.0761. The normalized spacial score (nSPS) is 29.2. The zero-order chi connectivity index (χ0) is 12.3. The largest absolute Gasteiger partial charge is 0.468 e. The van der Waals surface area contributed by atoms with Gasteiger partial charge in [0.05, 0.1) is 13.0 Å². The van der Waals surface area contributed by atoms with E-state index >= 15 is 0 Å². The lowest BCUT2D eigenvalue weighted by Gasteiger charge is -2.14. The van der Waals surface area contributed by atoms with E-state index in [1.165, 1.54) is 7.11 Å². The van der Waals surface area contributed by atoms with Gasteiger partial charge in [0.2, 0.25) is 0 Å². The van der Waals surface area contributed by atoms with E-state index in [0.717, 1.165) is 25.7 Å². The van der Waals surface area contributed by atoms with E-state index in [4.69, 9.17) is 4.74 Å². The molecule has 1 saturated carbocycles. The summed E-state index contributed by atoms with van der Waals surface area (Å²) in [6.07, 6.45) is 4.46. The number of hydrogen-bond donors (Lipinski definition) is 1. The van der Waals surface area contributed by atoms with Crippen LogP contribution in [0.15, 0.2) is 0 Å². The van der Waals surface area contributed by atoms with Crippen LogP contribution >= 0.6 is 0 Å². The third kappa shape index (κ3) is 2.97. The summed E-state index contributed by atoms with van der Waals surface area (Å²) < 4.78 is 10.1. The summed E-state index contributed by atoms with van der Waals surface area (Å²) in [6, 6.07) is -0.332. The molecule has 0 unspecified atom stereocenters. The van der Waals surface area contributed by atoms with Gasteiger partial charge in [-0.15, -0.1) is 0 Å². The Bertz CT molecular complexity index is 299. The zero-order valence-electron chi connectivity index (χ0n) is 10.1. The molecule has 5 heteroatoms. The lowest BCUT2D eigenvalue weighted by Crippen LogP contribution is -2.31. The molecule has 0 amide bonds. The summed E-state index contributed by atoms with van der Waals surface area (Å²) >= 11 is 0. The molecule has 1 heterocycles. The van der Waals surface area contributed by atoms with Crippen LogP contribution in [-0.4, -0.2) is 37.7 Å². The molecule has 1 aliphatic carbocycles. The van der Waals surface area contributed by atoms with Crippen molar-refractivity contribution in [3.8, 4) is 0 Å². The third-order valence-corrected chi connectivity index (χ3v) is 3.55. The van der Waals surface area contributed by atoms with E-state index in [9.17, 15) is 9.59 Å². The Balaban J connectivity index is 1.77. The highest BCUT2D eigenvalue weighted by molar-refractivity contribution is 5.76. The van der Waals surface area contributed by atoms with Crippen LogP contribution in [-0.2, 0) is 19.1 Å². The van der Waals surface area contributed by atoms with Gasteiger partial charge in [-0.2, -0.15) is 0 Å². The summed E-state index contributed by atoms with van der Waals surface area (Å²) in [5.74, 6) is -0.309. The number of esters is 2. The third-order valence-electron chi connectivity index (χ3n) is 3.55. The van der Waals surface area contributed by atoms with Gasteiger partial charge in [0.25, 0.3) is 0 Å². The molecule has 2 fully saturated rings. The van der Waals surface area contributed by atoms with Crippen molar-refractivity contribution in [2.45, 2.75) is 44.2 Å². The Hall–Kier alpha value is -1.10. The highest BCUT2D eigenvalue weighted by atomic mass is 16.5. The molecule has 0 aromatic heterocycles. The fourth-order valence-electron chi connectivity index (χ4n) is 2.54. The minimum Gasteiger partial charge on any atom is -0.468 e. The Morgan fingerprint density at radius 2 is 1.88 bits per heavy atom. The average Bonchev–Trinajstić information content (AvgIpc) is 2.98. The van der Waals surface area contributed by atoms with Gasteiger partial charge in [0, 0.05) is 13.0 Å². The number of methoxy groups -OCH3 is 1. The Morgan fingerprint density at radius 1 is 1.18 bits per heavy atom. The van der Waals surface area contributed by atoms with E-state index in [-0.39, 0.29) is 30.0 Å². The van der Waals surface area contributed by atoms with Gasteiger partial charge in [-0.1, -0.05) is 12.8 Å². The van der Waals surface area contributed by atoms with Crippen LogP contribution in [0.1, 0.15) is 32.1 Å². The van der Waals surface area contributed by atoms with Crippen LogP contribution in [0.25, 0.3) is 0 Å². The molecular formula is C12H19NO4. The molecule has 17 heavy (non-hydrogen) atoms. The Morgan fingerprint density at radius 3 is 2.53 bits per heavy atom. The lowest BCUT2D eigenvalue weighted by molar-refractivity contribution is -0.153. The highest BCUT2D eigenvalue weighted by Gasteiger charge is 2.34. The average molecular weight is 241 g/mol. The number of hydrogen-bond acceptors (Lipinski definition) is 5. The van der Waals surface area contributed by atoms with Crippen molar-refractivity contribution in [2.75, 3.05) is 13.7 Å². The van der Waals surface area contributed by atoms with Crippen molar-refractivity contribution in [3.05, 3.63) is 0 Å². The van der Waals surface area contributed by atoms with Crippen LogP contribution in [0.4, 0.5) is 0 Å². The van der Waals surface area contributed by atoms with Crippen LogP contribution in [0, 0.1) is 5.92 Å². The monoisotopic (exact) mass is 241 g/mol. The van der Waals surface area contributed by atoms with Crippen molar-refractivity contribution in [1.29, 1.82) is 0 Å². The number of rotatable bonds is 3. The van der Waals surface area contributed by atoms with E-state index in [0.29, 0.717) is 13.0 Å². The summed E-state index contributed by atoms with van der Waals surface area (Å²) in [5.41, 5.74) is 0. The summed E-state index contributed by atoms with van der Waals surface area (Å²) in [7, 11) is 1.36.